The molecule has 0 saturated heterocycles. The van der Waals surface area contributed by atoms with Gasteiger partial charge in [0.25, 0.3) is 9.05 Å². The zero-order valence-electron chi connectivity index (χ0n) is 9.49. The molecule has 0 saturated carbocycles. The molecule has 1 aromatic rings. The highest BCUT2D eigenvalue weighted by molar-refractivity contribution is 8.15. The number of halogens is 4. The van der Waals surface area contributed by atoms with E-state index in [4.69, 9.17) is 10.7 Å². The molecule has 10 heteroatoms. The lowest BCUT2D eigenvalue weighted by Crippen LogP contribution is -2.30. The van der Waals surface area contributed by atoms with Gasteiger partial charge in [-0.3, -0.25) is 4.79 Å². The summed E-state index contributed by atoms with van der Waals surface area (Å²) in [7, 11) is 1.24. The summed E-state index contributed by atoms with van der Waals surface area (Å²) in [5, 5.41) is 2.13. The van der Waals surface area contributed by atoms with Crippen molar-refractivity contribution >= 4 is 37.0 Å². The molecule has 0 fully saturated rings. The number of carbonyl (C=O) groups excluding carboxylic acids is 1. The second-order valence-electron chi connectivity index (χ2n) is 3.68. The number of rotatable bonds is 4. The van der Waals surface area contributed by atoms with E-state index in [-0.39, 0.29) is 4.21 Å². The van der Waals surface area contributed by atoms with E-state index in [9.17, 15) is 26.4 Å². The predicted molar refractivity (Wildman–Crippen MR) is 64.6 cm³/mol. The first-order chi connectivity index (χ1) is 8.49. The maximum absolute atomic E-state index is 12.0. The molecule has 0 aliphatic carbocycles. The maximum Gasteiger partial charge on any atom is 0.397 e. The summed E-state index contributed by atoms with van der Waals surface area (Å²) in [5.41, 5.74) is 0. The fourth-order valence-electron chi connectivity index (χ4n) is 1.24. The van der Waals surface area contributed by atoms with Crippen molar-refractivity contribution in [2.24, 2.45) is 0 Å². The van der Waals surface area contributed by atoms with Gasteiger partial charge in [0.05, 0.1) is 6.04 Å². The van der Waals surface area contributed by atoms with Crippen LogP contribution in [0.3, 0.4) is 0 Å². The summed E-state index contributed by atoms with van der Waals surface area (Å²) in [4.78, 5) is 11.5. The molecule has 1 N–H and O–H groups in total. The van der Waals surface area contributed by atoms with Gasteiger partial charge in [0.2, 0.25) is 5.91 Å². The summed E-state index contributed by atoms with van der Waals surface area (Å²) in [6.07, 6.45) is -6.16. The minimum atomic E-state index is -4.58. The third kappa shape index (κ3) is 5.37. The van der Waals surface area contributed by atoms with Crippen LogP contribution >= 0.6 is 22.0 Å². The van der Waals surface area contributed by atoms with Gasteiger partial charge in [-0.1, -0.05) is 0 Å². The van der Waals surface area contributed by atoms with Crippen molar-refractivity contribution < 1.29 is 26.4 Å². The molecule has 1 amide bonds. The summed E-state index contributed by atoms with van der Waals surface area (Å²) in [6.45, 7) is 1.45. The summed E-state index contributed by atoms with van der Waals surface area (Å²) >= 11 is 0.792. The second-order valence-corrected chi connectivity index (χ2v) is 7.58. The molecular weight excluding hydrogens is 327 g/mol. The van der Waals surface area contributed by atoms with Crippen LogP contribution in [0.1, 0.15) is 24.3 Å². The van der Waals surface area contributed by atoms with Gasteiger partial charge in [-0.05, 0) is 19.1 Å². The zero-order valence-corrected chi connectivity index (χ0v) is 11.9. The normalized spacial score (nSPS) is 14.2. The molecule has 1 rings (SSSR count). The van der Waals surface area contributed by atoms with Gasteiger partial charge in [0, 0.05) is 15.6 Å². The van der Waals surface area contributed by atoms with Gasteiger partial charge in [-0.15, -0.1) is 11.3 Å². The lowest BCUT2D eigenvalue weighted by molar-refractivity contribution is -0.154. The molecule has 0 aromatic carbocycles. The Hall–Kier alpha value is -0.800. The van der Waals surface area contributed by atoms with E-state index in [1.807, 2.05) is 0 Å². The van der Waals surface area contributed by atoms with Crippen molar-refractivity contribution in [2.45, 2.75) is 29.8 Å². The highest BCUT2D eigenvalue weighted by Gasteiger charge is 2.31. The van der Waals surface area contributed by atoms with Crippen LogP contribution in [0.2, 0.25) is 0 Å². The predicted octanol–water partition coefficient (Wildman–Crippen LogP) is 2.81. The number of amides is 1. The maximum atomic E-state index is 12.0. The largest absolute Gasteiger partial charge is 0.397 e. The molecule has 4 nitrogen and oxygen atoms in total. The summed E-state index contributed by atoms with van der Waals surface area (Å²) in [5.74, 6) is -1.18. The molecule has 0 spiro atoms. The van der Waals surface area contributed by atoms with Crippen molar-refractivity contribution in [1.29, 1.82) is 0 Å². The van der Waals surface area contributed by atoms with Crippen molar-refractivity contribution in [2.75, 3.05) is 0 Å². The summed E-state index contributed by atoms with van der Waals surface area (Å²) in [6, 6.07) is 1.89. The lowest BCUT2D eigenvalue weighted by Gasteiger charge is -2.13. The Labute approximate surface area is 116 Å². The Morgan fingerprint density at radius 2 is 2.05 bits per heavy atom. The Morgan fingerprint density at radius 3 is 2.47 bits per heavy atom. The molecule has 1 heterocycles. The molecule has 1 unspecified atom stereocenters. The molecule has 0 bridgehead atoms. The van der Waals surface area contributed by atoms with E-state index in [0.717, 1.165) is 11.3 Å². The average molecular weight is 336 g/mol. The molecule has 0 radical (unpaired) electrons. The van der Waals surface area contributed by atoms with Crippen molar-refractivity contribution in [3.63, 3.8) is 0 Å². The quantitative estimate of drug-likeness (QED) is 0.861. The Morgan fingerprint density at radius 1 is 1.47 bits per heavy atom. The Bertz CT molecular complexity index is 568. The van der Waals surface area contributed by atoms with Crippen LogP contribution in [0, 0.1) is 0 Å². The molecular formula is C9H9ClF3NO3S2. The first-order valence-corrected chi connectivity index (χ1v) is 8.02. The minimum absolute atomic E-state index is 0.124. The van der Waals surface area contributed by atoms with Gasteiger partial charge in [0.15, 0.2) is 0 Å². The van der Waals surface area contributed by atoms with Crippen LogP contribution < -0.4 is 5.32 Å². The smallest absolute Gasteiger partial charge is 0.348 e. The fourth-order valence-corrected chi connectivity index (χ4v) is 3.34. The van der Waals surface area contributed by atoms with Crippen LogP contribution in [-0.2, 0) is 13.8 Å². The molecule has 108 valence electrons. The Balaban J connectivity index is 2.72. The number of carbonyl (C=O) groups is 1. The van der Waals surface area contributed by atoms with E-state index >= 15 is 0 Å². The average Bonchev–Trinajstić information content (AvgIpc) is 2.61. The zero-order chi connectivity index (χ0) is 14.8. The van der Waals surface area contributed by atoms with Gasteiger partial charge in [-0.2, -0.15) is 13.2 Å². The van der Waals surface area contributed by atoms with E-state index in [2.05, 4.69) is 5.32 Å². The molecule has 1 atom stereocenters. The molecule has 0 aliphatic rings. The molecule has 1 aromatic heterocycles. The van der Waals surface area contributed by atoms with Gasteiger partial charge in [0.1, 0.15) is 10.6 Å². The monoisotopic (exact) mass is 335 g/mol. The highest BCUT2D eigenvalue weighted by Crippen LogP contribution is 2.29. The van der Waals surface area contributed by atoms with Gasteiger partial charge < -0.3 is 5.32 Å². The van der Waals surface area contributed by atoms with Crippen molar-refractivity contribution in [3.05, 3.63) is 17.0 Å². The van der Waals surface area contributed by atoms with Gasteiger partial charge in [-0.25, -0.2) is 8.42 Å². The first kappa shape index (κ1) is 16.3. The highest BCUT2D eigenvalue weighted by atomic mass is 35.7. The fraction of sp³-hybridized carbons (Fsp3) is 0.444. The van der Waals surface area contributed by atoms with E-state index in [0.29, 0.717) is 4.88 Å². The number of hydrogen-bond acceptors (Lipinski definition) is 4. The minimum Gasteiger partial charge on any atom is -0.348 e. The van der Waals surface area contributed by atoms with Gasteiger partial charge >= 0.3 is 6.18 Å². The van der Waals surface area contributed by atoms with E-state index < -0.39 is 33.6 Å². The van der Waals surface area contributed by atoms with Crippen LogP contribution in [0.5, 0.6) is 0 Å². The Kier molecular flexibility index (Phi) is 4.86. The number of nitrogens with one attached hydrogen (secondary N) is 1. The summed E-state index contributed by atoms with van der Waals surface area (Å²) < 4.78 is 57.8. The van der Waals surface area contributed by atoms with Crippen LogP contribution in [-0.4, -0.2) is 20.5 Å². The number of alkyl halides is 3. The topological polar surface area (TPSA) is 63.2 Å². The lowest BCUT2D eigenvalue weighted by atomic mass is 10.2. The third-order valence-electron chi connectivity index (χ3n) is 2.01. The number of thiophene rings is 1. The van der Waals surface area contributed by atoms with Crippen molar-refractivity contribution in [3.8, 4) is 0 Å². The van der Waals surface area contributed by atoms with Crippen LogP contribution in [0.15, 0.2) is 16.3 Å². The molecule has 0 aliphatic heterocycles. The van der Waals surface area contributed by atoms with E-state index in [1.54, 1.807) is 0 Å². The SMILES string of the molecule is CC(NC(=O)CC(F)(F)F)c1ccc(S(=O)(=O)Cl)s1. The third-order valence-corrected chi connectivity index (χ3v) is 5.37. The molecule has 19 heavy (non-hydrogen) atoms. The first-order valence-electron chi connectivity index (χ1n) is 4.89. The standard InChI is InChI=1S/C9H9ClF3NO3S2/c1-5(14-7(15)4-9(11,12)13)6-2-3-8(18-6)19(10,16)17/h2-3,5H,4H2,1H3,(H,14,15). The van der Waals surface area contributed by atoms with Crippen LogP contribution in [0.4, 0.5) is 13.2 Å². The second kappa shape index (κ2) is 5.68. The van der Waals surface area contributed by atoms with Crippen LogP contribution in [0.25, 0.3) is 0 Å². The van der Waals surface area contributed by atoms with Crippen molar-refractivity contribution in [1.82, 2.24) is 5.32 Å². The van der Waals surface area contributed by atoms with E-state index in [1.165, 1.54) is 19.1 Å². The number of hydrogen-bond donors (Lipinski definition) is 1.